The van der Waals surface area contributed by atoms with Crippen molar-refractivity contribution in [3.05, 3.63) is 17.8 Å². The van der Waals surface area contributed by atoms with Crippen LogP contribution in [0.5, 0.6) is 5.88 Å². The molecule has 1 rings (SSSR count). The van der Waals surface area contributed by atoms with Gasteiger partial charge in [0.1, 0.15) is 5.69 Å². The maximum Gasteiger partial charge on any atom is 0.267 e. The highest BCUT2D eigenvalue weighted by atomic mass is 16.5. The molecule has 16 heavy (non-hydrogen) atoms. The number of nitrogens with two attached hydrogens (primary N) is 2. The van der Waals surface area contributed by atoms with E-state index in [4.69, 9.17) is 16.2 Å². The standard InChI is InChI=1S/C11H17N3O2/c1-6(2)7(3)16-11-8(12)4-5-9(14-11)10(13)15/h4-7H,12H2,1-3H3,(H2,13,15). The Morgan fingerprint density at radius 3 is 2.50 bits per heavy atom. The van der Waals surface area contributed by atoms with E-state index in [1.54, 1.807) is 6.07 Å². The van der Waals surface area contributed by atoms with Gasteiger partial charge in [0.2, 0.25) is 5.88 Å². The van der Waals surface area contributed by atoms with E-state index in [9.17, 15) is 4.79 Å². The summed E-state index contributed by atoms with van der Waals surface area (Å²) >= 11 is 0. The highest BCUT2D eigenvalue weighted by Crippen LogP contribution is 2.21. The molecule has 1 unspecified atom stereocenters. The van der Waals surface area contributed by atoms with Crippen LogP contribution in [0.2, 0.25) is 0 Å². The van der Waals surface area contributed by atoms with Crippen molar-refractivity contribution in [2.24, 2.45) is 11.7 Å². The quantitative estimate of drug-likeness (QED) is 0.802. The van der Waals surface area contributed by atoms with Gasteiger partial charge in [0, 0.05) is 0 Å². The number of amides is 1. The minimum Gasteiger partial charge on any atom is -0.473 e. The van der Waals surface area contributed by atoms with Gasteiger partial charge < -0.3 is 16.2 Å². The molecule has 0 fully saturated rings. The summed E-state index contributed by atoms with van der Waals surface area (Å²) in [4.78, 5) is 14.9. The number of aromatic nitrogens is 1. The first-order chi connectivity index (χ1) is 7.41. The average Bonchev–Trinajstić information content (AvgIpc) is 2.20. The lowest BCUT2D eigenvalue weighted by atomic mass is 10.1. The Kier molecular flexibility index (Phi) is 3.71. The van der Waals surface area contributed by atoms with Crippen molar-refractivity contribution in [2.45, 2.75) is 26.9 Å². The molecule has 0 bridgehead atoms. The van der Waals surface area contributed by atoms with Crippen molar-refractivity contribution < 1.29 is 9.53 Å². The Bertz CT molecular complexity index is 391. The van der Waals surface area contributed by atoms with E-state index in [1.807, 2.05) is 20.8 Å². The molecule has 0 spiro atoms. The zero-order valence-corrected chi connectivity index (χ0v) is 9.73. The van der Waals surface area contributed by atoms with Gasteiger partial charge in [-0.05, 0) is 25.0 Å². The maximum atomic E-state index is 10.9. The number of rotatable bonds is 4. The number of primary amides is 1. The Labute approximate surface area is 94.8 Å². The van der Waals surface area contributed by atoms with Crippen LogP contribution >= 0.6 is 0 Å². The molecule has 1 amide bonds. The Morgan fingerprint density at radius 2 is 2.00 bits per heavy atom. The first-order valence-electron chi connectivity index (χ1n) is 5.14. The zero-order valence-electron chi connectivity index (χ0n) is 9.73. The molecule has 0 radical (unpaired) electrons. The minimum atomic E-state index is -0.595. The highest BCUT2D eigenvalue weighted by molar-refractivity contribution is 5.91. The fourth-order valence-electron chi connectivity index (χ4n) is 0.995. The number of ether oxygens (including phenoxy) is 1. The van der Waals surface area contributed by atoms with Gasteiger partial charge in [-0.3, -0.25) is 4.79 Å². The lowest BCUT2D eigenvalue weighted by molar-refractivity contribution is 0.0992. The first kappa shape index (κ1) is 12.3. The predicted octanol–water partition coefficient (Wildman–Crippen LogP) is 1.19. The number of hydrogen-bond donors (Lipinski definition) is 2. The Morgan fingerprint density at radius 1 is 1.38 bits per heavy atom. The molecule has 5 heteroatoms. The third-order valence-electron chi connectivity index (χ3n) is 2.38. The molecule has 88 valence electrons. The second-order valence-corrected chi connectivity index (χ2v) is 4.02. The second-order valence-electron chi connectivity index (χ2n) is 4.02. The van der Waals surface area contributed by atoms with Gasteiger partial charge in [-0.15, -0.1) is 0 Å². The summed E-state index contributed by atoms with van der Waals surface area (Å²) in [7, 11) is 0. The predicted molar refractivity (Wildman–Crippen MR) is 62.1 cm³/mol. The molecule has 0 saturated heterocycles. The van der Waals surface area contributed by atoms with Crippen LogP contribution in [0.3, 0.4) is 0 Å². The van der Waals surface area contributed by atoms with Crippen LogP contribution in [0.1, 0.15) is 31.3 Å². The van der Waals surface area contributed by atoms with Crippen LogP contribution in [-0.2, 0) is 0 Å². The largest absolute Gasteiger partial charge is 0.473 e. The SMILES string of the molecule is CC(C)C(C)Oc1nc(C(N)=O)ccc1N. The van der Waals surface area contributed by atoms with Crippen molar-refractivity contribution >= 4 is 11.6 Å². The van der Waals surface area contributed by atoms with Crippen molar-refractivity contribution in [1.29, 1.82) is 0 Å². The normalized spacial score (nSPS) is 12.5. The molecule has 0 aliphatic heterocycles. The van der Waals surface area contributed by atoms with Crippen LogP contribution in [0, 0.1) is 5.92 Å². The van der Waals surface area contributed by atoms with E-state index < -0.39 is 5.91 Å². The van der Waals surface area contributed by atoms with Crippen LogP contribution in [0.25, 0.3) is 0 Å². The number of hydrogen-bond acceptors (Lipinski definition) is 4. The number of nitrogen functional groups attached to an aromatic ring is 1. The molecule has 5 nitrogen and oxygen atoms in total. The molecule has 0 saturated carbocycles. The summed E-state index contributed by atoms with van der Waals surface area (Å²) in [6.45, 7) is 5.97. The Hall–Kier alpha value is -1.78. The van der Waals surface area contributed by atoms with Crippen molar-refractivity contribution in [3.8, 4) is 5.88 Å². The van der Waals surface area contributed by atoms with Gasteiger partial charge in [0.05, 0.1) is 11.8 Å². The topological polar surface area (TPSA) is 91.2 Å². The summed E-state index contributed by atoms with van der Waals surface area (Å²) in [5.41, 5.74) is 11.4. The van der Waals surface area contributed by atoms with Gasteiger partial charge in [-0.2, -0.15) is 0 Å². The number of nitrogens with zero attached hydrogens (tertiary/aromatic N) is 1. The van der Waals surface area contributed by atoms with Crippen LogP contribution < -0.4 is 16.2 Å². The molecule has 0 aliphatic rings. The molecule has 1 aromatic heterocycles. The number of carbonyl (C=O) groups is 1. The van der Waals surface area contributed by atoms with E-state index in [0.717, 1.165) is 0 Å². The molecule has 0 aliphatic carbocycles. The molecular formula is C11H17N3O2. The fourth-order valence-corrected chi connectivity index (χ4v) is 0.995. The first-order valence-corrected chi connectivity index (χ1v) is 5.14. The van der Waals surface area contributed by atoms with E-state index in [-0.39, 0.29) is 17.7 Å². The molecular weight excluding hydrogens is 206 g/mol. The lowest BCUT2D eigenvalue weighted by Crippen LogP contribution is -2.21. The van der Waals surface area contributed by atoms with E-state index in [1.165, 1.54) is 6.07 Å². The molecule has 4 N–H and O–H groups in total. The van der Waals surface area contributed by atoms with Crippen molar-refractivity contribution in [3.63, 3.8) is 0 Å². The van der Waals surface area contributed by atoms with E-state index >= 15 is 0 Å². The summed E-state index contributed by atoms with van der Waals surface area (Å²) in [6, 6.07) is 3.04. The van der Waals surface area contributed by atoms with E-state index in [0.29, 0.717) is 11.6 Å². The molecule has 0 aromatic carbocycles. The number of pyridine rings is 1. The summed E-state index contributed by atoms with van der Waals surface area (Å²) < 4.78 is 5.55. The zero-order chi connectivity index (χ0) is 12.3. The van der Waals surface area contributed by atoms with E-state index in [2.05, 4.69) is 4.98 Å². The number of carbonyl (C=O) groups excluding carboxylic acids is 1. The third kappa shape index (κ3) is 2.85. The third-order valence-corrected chi connectivity index (χ3v) is 2.38. The average molecular weight is 223 g/mol. The summed E-state index contributed by atoms with van der Waals surface area (Å²) in [5.74, 6) is -0.00187. The van der Waals surface area contributed by atoms with Crippen LogP contribution in [0.4, 0.5) is 5.69 Å². The maximum absolute atomic E-state index is 10.9. The fraction of sp³-hybridized carbons (Fsp3) is 0.455. The van der Waals surface area contributed by atoms with Crippen molar-refractivity contribution in [1.82, 2.24) is 4.98 Å². The summed E-state index contributed by atoms with van der Waals surface area (Å²) in [5, 5.41) is 0. The Balaban J connectivity index is 2.94. The molecule has 1 aromatic rings. The van der Waals surface area contributed by atoms with Gasteiger partial charge in [-0.1, -0.05) is 13.8 Å². The van der Waals surface area contributed by atoms with Gasteiger partial charge >= 0.3 is 0 Å². The minimum absolute atomic E-state index is 0.0297. The monoisotopic (exact) mass is 223 g/mol. The van der Waals surface area contributed by atoms with Crippen molar-refractivity contribution in [2.75, 3.05) is 5.73 Å². The lowest BCUT2D eigenvalue weighted by Gasteiger charge is -2.18. The molecule has 1 heterocycles. The second kappa shape index (κ2) is 4.83. The van der Waals surface area contributed by atoms with Crippen LogP contribution in [0.15, 0.2) is 12.1 Å². The van der Waals surface area contributed by atoms with Gasteiger partial charge in [-0.25, -0.2) is 4.98 Å². The smallest absolute Gasteiger partial charge is 0.267 e. The number of anilines is 1. The van der Waals surface area contributed by atoms with Gasteiger partial charge in [0.15, 0.2) is 0 Å². The molecule has 1 atom stereocenters. The highest BCUT2D eigenvalue weighted by Gasteiger charge is 2.13. The summed E-state index contributed by atoms with van der Waals surface area (Å²) in [6.07, 6.45) is -0.0297. The van der Waals surface area contributed by atoms with Crippen LogP contribution in [-0.4, -0.2) is 17.0 Å². The van der Waals surface area contributed by atoms with Gasteiger partial charge in [0.25, 0.3) is 5.91 Å².